The first kappa shape index (κ1) is 22.9. The molecule has 4 rings (SSSR count). The molecule has 1 atom stereocenters. The number of rotatable bonds is 5. The molecule has 0 radical (unpaired) electrons. The first-order valence-corrected chi connectivity index (χ1v) is 9.95. The quantitative estimate of drug-likeness (QED) is 0.558. The van der Waals surface area contributed by atoms with Gasteiger partial charge in [0.2, 0.25) is 0 Å². The molecule has 3 heterocycles. The fourth-order valence-corrected chi connectivity index (χ4v) is 3.52. The van der Waals surface area contributed by atoms with Gasteiger partial charge < -0.3 is 9.84 Å². The van der Waals surface area contributed by atoms with Crippen molar-refractivity contribution in [3.05, 3.63) is 88.6 Å². The van der Waals surface area contributed by atoms with Gasteiger partial charge in [-0.05, 0) is 55.8 Å². The molecule has 0 saturated heterocycles. The second kappa shape index (κ2) is 8.58. The van der Waals surface area contributed by atoms with Gasteiger partial charge in [0, 0.05) is 17.5 Å². The lowest BCUT2D eigenvalue weighted by molar-refractivity contribution is -0.274. The lowest BCUT2D eigenvalue weighted by Gasteiger charge is -2.25. The highest BCUT2D eigenvalue weighted by atomic mass is 19.4. The number of hydrogen-bond acceptors (Lipinski definition) is 7. The van der Waals surface area contributed by atoms with E-state index in [1.54, 1.807) is 26.0 Å². The van der Waals surface area contributed by atoms with E-state index in [4.69, 9.17) is 0 Å². The van der Waals surface area contributed by atoms with Crippen molar-refractivity contribution >= 4 is 17.5 Å². The maximum Gasteiger partial charge on any atom is 0.573 e. The molecular formula is C23H17F3N4O4. The summed E-state index contributed by atoms with van der Waals surface area (Å²) in [5.41, 5.74) is 1.34. The number of carbonyl (C=O) groups is 2. The number of alkyl halides is 3. The van der Waals surface area contributed by atoms with Gasteiger partial charge in [-0.2, -0.15) is 5.10 Å². The number of ketones is 1. The van der Waals surface area contributed by atoms with Crippen molar-refractivity contribution in [3.63, 3.8) is 0 Å². The average Bonchev–Trinajstić information content (AvgIpc) is 3.04. The average molecular weight is 470 g/mol. The Bertz CT molecular complexity index is 1270. The standard InChI is InChI=1S/C23H17F3N4O4/c1-12-3-5-15(11-27-12)20(31)18-19(14-6-8-16(9-7-14)34-23(24,25)26)30(22(33)21(18)32)17-10-4-13(2)28-29-17/h3-11,19,32H,1-2H3. The minimum atomic E-state index is -4.88. The van der Waals surface area contributed by atoms with Crippen molar-refractivity contribution in [2.75, 3.05) is 4.90 Å². The molecule has 34 heavy (non-hydrogen) atoms. The van der Waals surface area contributed by atoms with Crippen LogP contribution in [-0.2, 0) is 4.79 Å². The SMILES string of the molecule is Cc1ccc(C(=O)C2=C(O)C(=O)N(c3ccc(C)nn3)C2c2ccc(OC(F)(F)F)cc2)cn1. The highest BCUT2D eigenvalue weighted by Crippen LogP contribution is 2.41. The predicted molar refractivity (Wildman–Crippen MR) is 113 cm³/mol. The fraction of sp³-hybridized carbons (Fsp3) is 0.174. The van der Waals surface area contributed by atoms with Gasteiger partial charge in [0.1, 0.15) is 5.75 Å². The Labute approximate surface area is 191 Å². The van der Waals surface area contributed by atoms with E-state index < -0.39 is 35.6 Å². The molecule has 0 saturated carbocycles. The summed E-state index contributed by atoms with van der Waals surface area (Å²) >= 11 is 0. The van der Waals surface area contributed by atoms with Crippen LogP contribution in [-0.4, -0.2) is 38.3 Å². The van der Waals surface area contributed by atoms with Gasteiger partial charge in [0.05, 0.1) is 17.3 Å². The Hall–Kier alpha value is -4.28. The summed E-state index contributed by atoms with van der Waals surface area (Å²) in [5, 5.41) is 18.6. The second-order valence-electron chi connectivity index (χ2n) is 7.51. The lowest BCUT2D eigenvalue weighted by Crippen LogP contribution is -2.32. The van der Waals surface area contributed by atoms with Crippen molar-refractivity contribution in [1.82, 2.24) is 15.2 Å². The zero-order valence-electron chi connectivity index (χ0n) is 17.9. The minimum absolute atomic E-state index is 0.0487. The molecule has 174 valence electrons. The zero-order chi connectivity index (χ0) is 24.6. The Morgan fingerprint density at radius 3 is 2.24 bits per heavy atom. The van der Waals surface area contributed by atoms with Gasteiger partial charge >= 0.3 is 6.36 Å². The van der Waals surface area contributed by atoms with Crippen LogP contribution >= 0.6 is 0 Å². The molecule has 1 aromatic carbocycles. The molecule has 3 aromatic rings. The van der Waals surface area contributed by atoms with Crippen LogP contribution in [0.5, 0.6) is 5.75 Å². The predicted octanol–water partition coefficient (Wildman–Crippen LogP) is 4.17. The van der Waals surface area contributed by atoms with Gasteiger partial charge in [-0.15, -0.1) is 18.3 Å². The molecule has 8 nitrogen and oxygen atoms in total. The monoisotopic (exact) mass is 470 g/mol. The molecule has 1 N–H and O–H groups in total. The number of nitrogens with zero attached hydrogens (tertiary/aromatic N) is 4. The third-order valence-corrected chi connectivity index (χ3v) is 5.09. The molecule has 0 spiro atoms. The third kappa shape index (κ3) is 4.45. The van der Waals surface area contributed by atoms with E-state index in [2.05, 4.69) is 19.9 Å². The van der Waals surface area contributed by atoms with Crippen molar-refractivity contribution in [2.24, 2.45) is 0 Å². The summed E-state index contributed by atoms with van der Waals surface area (Å²) in [6, 6.07) is 9.65. The van der Waals surface area contributed by atoms with Crippen LogP contribution in [0.3, 0.4) is 0 Å². The van der Waals surface area contributed by atoms with Crippen LogP contribution in [0.4, 0.5) is 19.0 Å². The van der Waals surface area contributed by atoms with E-state index in [9.17, 15) is 27.9 Å². The van der Waals surface area contributed by atoms with E-state index in [-0.39, 0.29) is 22.5 Å². The molecule has 0 fully saturated rings. The topological polar surface area (TPSA) is 106 Å². The van der Waals surface area contributed by atoms with Crippen molar-refractivity contribution in [1.29, 1.82) is 0 Å². The van der Waals surface area contributed by atoms with E-state index >= 15 is 0 Å². The lowest BCUT2D eigenvalue weighted by atomic mass is 9.93. The van der Waals surface area contributed by atoms with E-state index in [0.717, 1.165) is 17.0 Å². The highest BCUT2D eigenvalue weighted by molar-refractivity contribution is 6.20. The van der Waals surface area contributed by atoms with Gasteiger partial charge in [-0.1, -0.05) is 12.1 Å². The van der Waals surface area contributed by atoms with Crippen LogP contribution in [0.2, 0.25) is 0 Å². The van der Waals surface area contributed by atoms with E-state index in [1.807, 2.05) is 0 Å². The number of halogens is 3. The number of carbonyl (C=O) groups excluding carboxylic acids is 2. The van der Waals surface area contributed by atoms with Crippen molar-refractivity contribution in [3.8, 4) is 5.75 Å². The number of aliphatic hydroxyl groups is 1. The fourth-order valence-electron chi connectivity index (χ4n) is 3.52. The maximum atomic E-state index is 13.3. The van der Waals surface area contributed by atoms with Gasteiger partial charge in [-0.25, -0.2) is 0 Å². The van der Waals surface area contributed by atoms with Crippen LogP contribution < -0.4 is 9.64 Å². The highest BCUT2D eigenvalue weighted by Gasteiger charge is 2.45. The molecule has 1 amide bonds. The molecule has 0 aliphatic carbocycles. The Kier molecular flexibility index (Phi) is 5.78. The molecular weight excluding hydrogens is 453 g/mol. The van der Waals surface area contributed by atoms with Crippen LogP contribution in [0.15, 0.2) is 66.1 Å². The number of anilines is 1. The smallest absolute Gasteiger partial charge is 0.503 e. The number of benzene rings is 1. The normalized spacial score (nSPS) is 16.2. The molecule has 1 unspecified atom stereocenters. The van der Waals surface area contributed by atoms with Gasteiger partial charge in [-0.3, -0.25) is 19.5 Å². The summed E-state index contributed by atoms with van der Waals surface area (Å²) in [6.07, 6.45) is -3.57. The molecule has 0 bridgehead atoms. The summed E-state index contributed by atoms with van der Waals surface area (Å²) in [6.45, 7) is 3.42. The Balaban J connectivity index is 1.81. The second-order valence-corrected chi connectivity index (χ2v) is 7.51. The summed E-state index contributed by atoms with van der Waals surface area (Å²) in [5.74, 6) is -2.80. The van der Waals surface area contributed by atoms with Gasteiger partial charge in [0.25, 0.3) is 5.91 Å². The van der Waals surface area contributed by atoms with Crippen LogP contribution in [0.1, 0.15) is 33.4 Å². The van der Waals surface area contributed by atoms with Crippen molar-refractivity contribution < 1.29 is 32.6 Å². The van der Waals surface area contributed by atoms with Gasteiger partial charge in [0.15, 0.2) is 17.4 Å². The minimum Gasteiger partial charge on any atom is -0.503 e. The molecule has 11 heteroatoms. The number of hydrogen-bond donors (Lipinski definition) is 1. The van der Waals surface area contributed by atoms with Crippen LogP contribution in [0.25, 0.3) is 0 Å². The number of aromatic nitrogens is 3. The van der Waals surface area contributed by atoms with E-state index in [0.29, 0.717) is 11.4 Å². The summed E-state index contributed by atoms with van der Waals surface area (Å²) in [4.78, 5) is 31.5. The first-order chi connectivity index (χ1) is 16.0. The molecule has 1 aliphatic rings. The number of amides is 1. The zero-order valence-corrected chi connectivity index (χ0v) is 17.9. The summed E-state index contributed by atoms with van der Waals surface area (Å²) in [7, 11) is 0. The first-order valence-electron chi connectivity index (χ1n) is 9.95. The van der Waals surface area contributed by atoms with E-state index in [1.165, 1.54) is 30.5 Å². The maximum absolute atomic E-state index is 13.3. The third-order valence-electron chi connectivity index (χ3n) is 5.09. The van der Waals surface area contributed by atoms with Crippen molar-refractivity contribution in [2.45, 2.75) is 26.3 Å². The molecule has 1 aliphatic heterocycles. The number of aryl methyl sites for hydroxylation is 2. The van der Waals surface area contributed by atoms with Crippen LogP contribution in [0, 0.1) is 13.8 Å². The number of pyridine rings is 1. The largest absolute Gasteiger partial charge is 0.573 e. The summed E-state index contributed by atoms with van der Waals surface area (Å²) < 4.78 is 41.6. The molecule has 2 aromatic heterocycles. The number of ether oxygens (including phenoxy) is 1. The Morgan fingerprint density at radius 1 is 1.00 bits per heavy atom. The number of Topliss-reactive ketones (excluding diaryl/α,β-unsaturated/α-hetero) is 1. The Morgan fingerprint density at radius 2 is 1.68 bits per heavy atom. The number of aliphatic hydroxyl groups excluding tert-OH is 1.